The van der Waals surface area contributed by atoms with E-state index in [0.717, 1.165) is 17.9 Å². The predicted octanol–water partition coefficient (Wildman–Crippen LogP) is 5.76. The molecule has 1 fully saturated rings. The SMILES string of the molecule is C=C1C[C@@](C)(c2cc(-c3ccsc3)c3sccc3c2)NC(=C)N1C. The molecular weight excluding hydrogens is 332 g/mol. The summed E-state index contributed by atoms with van der Waals surface area (Å²) in [6.07, 6.45) is 0.862. The van der Waals surface area contributed by atoms with E-state index in [-0.39, 0.29) is 5.54 Å². The third-order valence-electron chi connectivity index (χ3n) is 4.88. The summed E-state index contributed by atoms with van der Waals surface area (Å²) in [5.41, 5.74) is 4.79. The van der Waals surface area contributed by atoms with Crippen molar-refractivity contribution in [2.24, 2.45) is 0 Å². The summed E-state index contributed by atoms with van der Waals surface area (Å²) in [5.74, 6) is 0.899. The molecule has 0 unspecified atom stereocenters. The Morgan fingerprint density at radius 1 is 1.21 bits per heavy atom. The Hall–Kier alpha value is -2.04. The molecule has 0 amide bonds. The lowest BCUT2D eigenvalue weighted by molar-refractivity contribution is 0.269. The Bertz CT molecular complexity index is 916. The number of rotatable bonds is 2. The van der Waals surface area contributed by atoms with Gasteiger partial charge in [0.05, 0.1) is 11.4 Å². The number of thiophene rings is 2. The molecule has 122 valence electrons. The van der Waals surface area contributed by atoms with Crippen LogP contribution in [0, 0.1) is 0 Å². The van der Waals surface area contributed by atoms with Crippen LogP contribution in [-0.4, -0.2) is 11.9 Å². The first-order chi connectivity index (χ1) is 11.5. The standard InChI is InChI=1S/C20H20N2S2/c1-13-11-20(3,21-14(2)22(13)4)17-9-15-6-8-24-19(15)18(10-17)16-5-7-23-12-16/h5-10,12,21H,1-2,11H2,3-4H3/t20-/m0/s1. The lowest BCUT2D eigenvalue weighted by Gasteiger charge is -2.43. The predicted molar refractivity (Wildman–Crippen MR) is 106 cm³/mol. The summed E-state index contributed by atoms with van der Waals surface area (Å²) >= 11 is 3.55. The van der Waals surface area contributed by atoms with Gasteiger partial charge >= 0.3 is 0 Å². The van der Waals surface area contributed by atoms with Crippen molar-refractivity contribution >= 4 is 32.8 Å². The average Bonchev–Trinajstić information content (AvgIpc) is 3.22. The molecule has 1 aromatic carbocycles. The normalized spacial score (nSPS) is 21.3. The van der Waals surface area contributed by atoms with Crippen molar-refractivity contribution in [3.63, 3.8) is 0 Å². The van der Waals surface area contributed by atoms with Gasteiger partial charge in [0.2, 0.25) is 0 Å². The molecule has 1 atom stereocenters. The van der Waals surface area contributed by atoms with E-state index >= 15 is 0 Å². The van der Waals surface area contributed by atoms with Gasteiger partial charge in [0, 0.05) is 29.4 Å². The Morgan fingerprint density at radius 2 is 2.04 bits per heavy atom. The van der Waals surface area contributed by atoms with Crippen LogP contribution < -0.4 is 5.32 Å². The molecule has 1 N–H and O–H groups in total. The van der Waals surface area contributed by atoms with Crippen LogP contribution in [0.2, 0.25) is 0 Å². The van der Waals surface area contributed by atoms with Crippen molar-refractivity contribution in [3.05, 3.63) is 70.6 Å². The fourth-order valence-corrected chi connectivity index (χ4v) is 4.94. The minimum Gasteiger partial charge on any atom is -0.362 e. The van der Waals surface area contributed by atoms with Gasteiger partial charge < -0.3 is 10.2 Å². The van der Waals surface area contributed by atoms with E-state index in [4.69, 9.17) is 0 Å². The second-order valence-corrected chi connectivity index (χ2v) is 8.28. The maximum absolute atomic E-state index is 4.22. The largest absolute Gasteiger partial charge is 0.362 e. The number of hydrogen-bond acceptors (Lipinski definition) is 4. The van der Waals surface area contributed by atoms with Gasteiger partial charge in [0.1, 0.15) is 0 Å². The second-order valence-electron chi connectivity index (χ2n) is 6.58. The molecule has 0 bridgehead atoms. The van der Waals surface area contributed by atoms with Crippen molar-refractivity contribution in [2.45, 2.75) is 18.9 Å². The van der Waals surface area contributed by atoms with Crippen LogP contribution in [0.4, 0.5) is 0 Å². The van der Waals surface area contributed by atoms with E-state index in [1.54, 1.807) is 11.3 Å². The number of fused-ring (bicyclic) bond motifs is 1. The zero-order valence-corrected chi connectivity index (χ0v) is 15.6. The number of hydrogen-bond donors (Lipinski definition) is 1. The highest BCUT2D eigenvalue weighted by Crippen LogP contribution is 2.41. The Labute approximate surface area is 150 Å². The number of nitrogens with zero attached hydrogens (tertiary/aromatic N) is 1. The zero-order chi connectivity index (χ0) is 16.9. The minimum absolute atomic E-state index is 0.193. The maximum atomic E-state index is 4.22. The molecule has 3 heterocycles. The first kappa shape index (κ1) is 15.5. The van der Waals surface area contributed by atoms with Crippen molar-refractivity contribution in [2.75, 3.05) is 7.05 Å². The molecule has 2 aromatic heterocycles. The highest BCUT2D eigenvalue weighted by molar-refractivity contribution is 7.17. The number of benzene rings is 1. The van der Waals surface area contributed by atoms with Crippen LogP contribution in [0.3, 0.4) is 0 Å². The first-order valence-corrected chi connectivity index (χ1v) is 9.73. The highest BCUT2D eigenvalue weighted by Gasteiger charge is 2.34. The van der Waals surface area contributed by atoms with E-state index in [0.29, 0.717) is 0 Å². The Morgan fingerprint density at radius 3 is 2.75 bits per heavy atom. The fourth-order valence-electron chi connectivity index (χ4n) is 3.37. The molecule has 0 radical (unpaired) electrons. The van der Waals surface area contributed by atoms with Crippen molar-refractivity contribution in [3.8, 4) is 11.1 Å². The van der Waals surface area contributed by atoms with Crippen molar-refractivity contribution in [1.82, 2.24) is 10.2 Å². The van der Waals surface area contributed by atoms with E-state index < -0.39 is 0 Å². The molecule has 1 aliphatic heterocycles. The lowest BCUT2D eigenvalue weighted by atomic mass is 9.83. The van der Waals surface area contributed by atoms with Crippen LogP contribution >= 0.6 is 22.7 Å². The second kappa shape index (κ2) is 5.50. The average molecular weight is 353 g/mol. The van der Waals surface area contributed by atoms with Crippen LogP contribution in [0.25, 0.3) is 21.2 Å². The lowest BCUT2D eigenvalue weighted by Crippen LogP contribution is -2.48. The van der Waals surface area contributed by atoms with E-state index in [2.05, 4.69) is 65.8 Å². The molecule has 3 aromatic rings. The smallest absolute Gasteiger partial charge is 0.0985 e. The third-order valence-corrected chi connectivity index (χ3v) is 6.52. The van der Waals surface area contributed by atoms with Gasteiger partial charge in [0.15, 0.2) is 0 Å². The van der Waals surface area contributed by atoms with Crippen molar-refractivity contribution < 1.29 is 0 Å². The van der Waals surface area contributed by atoms with Gasteiger partial charge in [-0.05, 0) is 63.8 Å². The van der Waals surface area contributed by atoms with Gasteiger partial charge in [0.25, 0.3) is 0 Å². The molecule has 1 aliphatic rings. The molecule has 0 saturated carbocycles. The molecule has 4 heteroatoms. The van der Waals surface area contributed by atoms with E-state index in [1.165, 1.54) is 26.8 Å². The molecule has 0 spiro atoms. The summed E-state index contributed by atoms with van der Waals surface area (Å²) in [6.45, 7) is 10.6. The quantitative estimate of drug-likeness (QED) is 0.631. The molecular formula is C20H20N2S2. The third kappa shape index (κ3) is 2.38. The zero-order valence-electron chi connectivity index (χ0n) is 13.9. The maximum Gasteiger partial charge on any atom is 0.0985 e. The van der Waals surface area contributed by atoms with Crippen LogP contribution in [0.5, 0.6) is 0 Å². The summed E-state index contributed by atoms with van der Waals surface area (Å²) in [7, 11) is 2.01. The van der Waals surface area contributed by atoms with Crippen LogP contribution in [-0.2, 0) is 5.54 Å². The van der Waals surface area contributed by atoms with Gasteiger partial charge in [-0.3, -0.25) is 0 Å². The molecule has 24 heavy (non-hydrogen) atoms. The Kier molecular flexibility index (Phi) is 3.55. The molecule has 2 nitrogen and oxygen atoms in total. The topological polar surface area (TPSA) is 15.3 Å². The number of nitrogens with one attached hydrogen (secondary N) is 1. The molecule has 0 aliphatic carbocycles. The summed E-state index contributed by atoms with van der Waals surface area (Å²) in [6, 6.07) is 9.05. The summed E-state index contributed by atoms with van der Waals surface area (Å²) < 4.78 is 1.35. The van der Waals surface area contributed by atoms with Crippen LogP contribution in [0.1, 0.15) is 18.9 Å². The van der Waals surface area contributed by atoms with Gasteiger partial charge in [-0.15, -0.1) is 11.3 Å². The highest BCUT2D eigenvalue weighted by atomic mass is 32.1. The first-order valence-electron chi connectivity index (χ1n) is 7.91. The minimum atomic E-state index is -0.193. The van der Waals surface area contributed by atoms with E-state index in [9.17, 15) is 0 Å². The fraction of sp³-hybridized carbons (Fsp3) is 0.200. The van der Waals surface area contributed by atoms with Gasteiger partial charge in [-0.25, -0.2) is 0 Å². The monoisotopic (exact) mass is 352 g/mol. The van der Waals surface area contributed by atoms with Crippen LogP contribution in [0.15, 0.2) is 65.1 Å². The summed E-state index contributed by atoms with van der Waals surface area (Å²) in [4.78, 5) is 2.03. The summed E-state index contributed by atoms with van der Waals surface area (Å²) in [5, 5.41) is 11.4. The van der Waals surface area contributed by atoms with Gasteiger partial charge in [-0.2, -0.15) is 11.3 Å². The van der Waals surface area contributed by atoms with Gasteiger partial charge in [-0.1, -0.05) is 13.2 Å². The molecule has 1 saturated heterocycles. The van der Waals surface area contributed by atoms with E-state index in [1.807, 2.05) is 23.3 Å². The Balaban J connectivity index is 1.88. The van der Waals surface area contributed by atoms with Crippen molar-refractivity contribution in [1.29, 1.82) is 0 Å². The molecule has 4 rings (SSSR count).